The number of rotatable bonds is 3. The average Bonchev–Trinajstić information content (AvgIpc) is 2.35. The van der Waals surface area contributed by atoms with E-state index in [1.807, 2.05) is 6.92 Å². The van der Waals surface area contributed by atoms with E-state index in [0.717, 1.165) is 6.07 Å². The molecule has 0 aliphatic carbocycles. The molecule has 0 spiro atoms. The summed E-state index contributed by atoms with van der Waals surface area (Å²) in [5, 5.41) is 3.27. The van der Waals surface area contributed by atoms with Gasteiger partial charge < -0.3 is 5.32 Å². The normalized spacial score (nSPS) is 21.2. The maximum absolute atomic E-state index is 13.1. The highest BCUT2D eigenvalue weighted by molar-refractivity contribution is 7.91. The van der Waals surface area contributed by atoms with E-state index in [1.54, 1.807) is 0 Å². The Hall–Kier alpha value is -1.01. The van der Waals surface area contributed by atoms with Crippen molar-refractivity contribution >= 4 is 9.84 Å². The molecule has 1 aromatic carbocycles. The summed E-state index contributed by atoms with van der Waals surface area (Å²) in [5.74, 6) is -1.35. The predicted molar refractivity (Wildman–Crippen MR) is 69.6 cm³/mol. The molecule has 1 heterocycles. The van der Waals surface area contributed by atoms with Crippen molar-refractivity contribution in [3.63, 3.8) is 0 Å². The van der Waals surface area contributed by atoms with Gasteiger partial charge in [-0.3, -0.25) is 0 Å². The molecule has 1 N–H and O–H groups in total. The van der Waals surface area contributed by atoms with Crippen molar-refractivity contribution < 1.29 is 17.2 Å². The van der Waals surface area contributed by atoms with Crippen molar-refractivity contribution in [2.24, 2.45) is 0 Å². The Balaban J connectivity index is 1.97. The third-order valence-electron chi connectivity index (χ3n) is 3.48. The Bertz CT molecular complexity index is 546. The van der Waals surface area contributed by atoms with E-state index in [9.17, 15) is 17.2 Å². The van der Waals surface area contributed by atoms with Crippen LogP contribution in [0.15, 0.2) is 18.2 Å². The van der Waals surface area contributed by atoms with Crippen LogP contribution in [0, 0.1) is 11.6 Å². The highest BCUT2D eigenvalue weighted by Gasteiger charge is 2.24. The van der Waals surface area contributed by atoms with Gasteiger partial charge in [-0.05, 0) is 37.5 Å². The number of benzene rings is 1. The molecule has 1 saturated heterocycles. The smallest absolute Gasteiger partial charge is 0.159 e. The number of sulfone groups is 1. The molecule has 19 heavy (non-hydrogen) atoms. The van der Waals surface area contributed by atoms with Gasteiger partial charge in [-0.1, -0.05) is 6.07 Å². The second-order valence-corrected chi connectivity index (χ2v) is 7.29. The standard InChI is InChI=1S/C13H17F2NO2S/c1-9(10-2-3-12(14)13(15)8-10)16-11-4-6-19(17,18)7-5-11/h2-3,8-9,11,16H,4-7H2,1H3. The Morgan fingerprint density at radius 3 is 2.42 bits per heavy atom. The summed E-state index contributed by atoms with van der Waals surface area (Å²) in [4.78, 5) is 0. The van der Waals surface area contributed by atoms with Crippen LogP contribution in [0.3, 0.4) is 0 Å². The molecule has 1 aromatic rings. The first-order chi connectivity index (χ1) is 8.87. The van der Waals surface area contributed by atoms with Crippen LogP contribution in [0.4, 0.5) is 8.78 Å². The summed E-state index contributed by atoms with van der Waals surface area (Å²) in [6.45, 7) is 1.86. The zero-order valence-electron chi connectivity index (χ0n) is 10.7. The molecule has 0 amide bonds. The largest absolute Gasteiger partial charge is 0.307 e. The van der Waals surface area contributed by atoms with Crippen LogP contribution in [-0.4, -0.2) is 26.0 Å². The van der Waals surface area contributed by atoms with E-state index in [2.05, 4.69) is 5.32 Å². The quantitative estimate of drug-likeness (QED) is 0.928. The van der Waals surface area contributed by atoms with E-state index in [0.29, 0.717) is 18.4 Å². The van der Waals surface area contributed by atoms with Crippen LogP contribution in [0.5, 0.6) is 0 Å². The molecule has 1 aliphatic rings. The van der Waals surface area contributed by atoms with Crippen LogP contribution < -0.4 is 5.32 Å². The molecule has 0 radical (unpaired) electrons. The van der Waals surface area contributed by atoms with E-state index in [1.165, 1.54) is 12.1 Å². The Kier molecular flexibility index (Phi) is 4.20. The van der Waals surface area contributed by atoms with Crippen molar-refractivity contribution in [3.05, 3.63) is 35.4 Å². The Labute approximate surface area is 111 Å². The first-order valence-corrected chi connectivity index (χ1v) is 8.11. The van der Waals surface area contributed by atoms with E-state index in [4.69, 9.17) is 0 Å². The van der Waals surface area contributed by atoms with Crippen molar-refractivity contribution in [1.29, 1.82) is 0 Å². The van der Waals surface area contributed by atoms with Gasteiger partial charge in [-0.25, -0.2) is 17.2 Å². The fourth-order valence-corrected chi connectivity index (χ4v) is 3.78. The summed E-state index contributed by atoms with van der Waals surface area (Å²) in [5.41, 5.74) is 0.660. The third kappa shape index (κ3) is 3.73. The summed E-state index contributed by atoms with van der Waals surface area (Å²) < 4.78 is 48.6. The summed E-state index contributed by atoms with van der Waals surface area (Å²) >= 11 is 0. The van der Waals surface area contributed by atoms with Gasteiger partial charge in [0.05, 0.1) is 11.5 Å². The van der Waals surface area contributed by atoms with Crippen LogP contribution in [0.25, 0.3) is 0 Å². The summed E-state index contributed by atoms with van der Waals surface area (Å²) in [6.07, 6.45) is 1.13. The highest BCUT2D eigenvalue weighted by Crippen LogP contribution is 2.20. The van der Waals surface area contributed by atoms with Gasteiger partial charge in [-0.2, -0.15) is 0 Å². The van der Waals surface area contributed by atoms with Crippen LogP contribution in [-0.2, 0) is 9.84 Å². The Morgan fingerprint density at radius 2 is 1.84 bits per heavy atom. The van der Waals surface area contributed by atoms with Gasteiger partial charge in [0.1, 0.15) is 9.84 Å². The van der Waals surface area contributed by atoms with Crippen LogP contribution in [0.2, 0.25) is 0 Å². The molecule has 2 rings (SSSR count). The topological polar surface area (TPSA) is 46.2 Å². The van der Waals surface area contributed by atoms with Gasteiger partial charge in [0, 0.05) is 12.1 Å². The highest BCUT2D eigenvalue weighted by atomic mass is 32.2. The molecule has 1 atom stereocenters. The molecule has 0 saturated carbocycles. The van der Waals surface area contributed by atoms with E-state index < -0.39 is 21.5 Å². The maximum atomic E-state index is 13.1. The van der Waals surface area contributed by atoms with Crippen LogP contribution >= 0.6 is 0 Å². The fraction of sp³-hybridized carbons (Fsp3) is 0.538. The van der Waals surface area contributed by atoms with Gasteiger partial charge in [0.2, 0.25) is 0 Å². The van der Waals surface area contributed by atoms with Crippen molar-refractivity contribution in [2.45, 2.75) is 31.8 Å². The molecule has 6 heteroatoms. The van der Waals surface area contributed by atoms with Gasteiger partial charge in [-0.15, -0.1) is 0 Å². The molecule has 0 aromatic heterocycles. The fourth-order valence-electron chi connectivity index (χ4n) is 2.29. The lowest BCUT2D eigenvalue weighted by atomic mass is 10.1. The number of halogens is 2. The average molecular weight is 289 g/mol. The maximum Gasteiger partial charge on any atom is 0.159 e. The molecule has 1 unspecified atom stereocenters. The van der Waals surface area contributed by atoms with Gasteiger partial charge in [0.15, 0.2) is 11.6 Å². The number of hydrogen-bond acceptors (Lipinski definition) is 3. The second-order valence-electron chi connectivity index (χ2n) is 4.99. The molecular weight excluding hydrogens is 272 g/mol. The minimum atomic E-state index is -2.88. The van der Waals surface area contributed by atoms with E-state index >= 15 is 0 Å². The van der Waals surface area contributed by atoms with Crippen molar-refractivity contribution in [3.8, 4) is 0 Å². The lowest BCUT2D eigenvalue weighted by Gasteiger charge is -2.27. The first kappa shape index (κ1) is 14.4. The zero-order valence-corrected chi connectivity index (χ0v) is 11.5. The summed E-state index contributed by atoms with van der Waals surface area (Å²) in [6, 6.07) is 3.78. The number of nitrogens with one attached hydrogen (secondary N) is 1. The molecular formula is C13H17F2NO2S. The minimum Gasteiger partial charge on any atom is -0.307 e. The third-order valence-corrected chi connectivity index (χ3v) is 5.20. The molecule has 1 aliphatic heterocycles. The minimum absolute atomic E-state index is 0.103. The first-order valence-electron chi connectivity index (χ1n) is 6.29. The summed E-state index contributed by atoms with van der Waals surface area (Å²) in [7, 11) is -2.88. The monoisotopic (exact) mass is 289 g/mol. The van der Waals surface area contributed by atoms with E-state index in [-0.39, 0.29) is 23.6 Å². The Morgan fingerprint density at radius 1 is 1.21 bits per heavy atom. The second kappa shape index (κ2) is 5.54. The zero-order chi connectivity index (χ0) is 14.0. The van der Waals surface area contributed by atoms with Gasteiger partial charge in [0.25, 0.3) is 0 Å². The van der Waals surface area contributed by atoms with Crippen molar-refractivity contribution in [2.75, 3.05) is 11.5 Å². The lowest BCUT2D eigenvalue weighted by Crippen LogP contribution is -2.38. The molecule has 3 nitrogen and oxygen atoms in total. The van der Waals surface area contributed by atoms with Crippen LogP contribution in [0.1, 0.15) is 31.4 Å². The van der Waals surface area contributed by atoms with Gasteiger partial charge >= 0.3 is 0 Å². The predicted octanol–water partition coefficient (Wildman–Crippen LogP) is 2.19. The SMILES string of the molecule is CC(NC1CCS(=O)(=O)CC1)c1ccc(F)c(F)c1. The molecule has 0 bridgehead atoms. The number of hydrogen-bond donors (Lipinski definition) is 1. The molecule has 106 valence electrons. The molecule has 1 fully saturated rings. The van der Waals surface area contributed by atoms with Crippen molar-refractivity contribution in [1.82, 2.24) is 5.32 Å². The lowest BCUT2D eigenvalue weighted by molar-refractivity contribution is 0.418.